The van der Waals surface area contributed by atoms with Gasteiger partial charge in [-0.3, -0.25) is 4.79 Å². The van der Waals surface area contributed by atoms with Gasteiger partial charge in [0.25, 0.3) is 12.3 Å². The Balaban J connectivity index is 2.18. The van der Waals surface area contributed by atoms with Crippen LogP contribution in [-0.4, -0.2) is 30.7 Å². The van der Waals surface area contributed by atoms with E-state index in [1.54, 1.807) is 0 Å². The first kappa shape index (κ1) is 23.6. The van der Waals surface area contributed by atoms with Crippen molar-refractivity contribution in [2.75, 3.05) is 6.67 Å². The van der Waals surface area contributed by atoms with Gasteiger partial charge in [-0.1, -0.05) is 23.7 Å². The summed E-state index contributed by atoms with van der Waals surface area (Å²) in [5.41, 5.74) is -6.39. The highest BCUT2D eigenvalue weighted by Gasteiger charge is 2.60. The van der Waals surface area contributed by atoms with Crippen LogP contribution in [0.15, 0.2) is 63.1 Å². The van der Waals surface area contributed by atoms with E-state index in [1.165, 1.54) is 30.3 Å². The first-order valence-electron chi connectivity index (χ1n) is 8.91. The summed E-state index contributed by atoms with van der Waals surface area (Å²) in [6.07, 6.45) is -8.35. The molecular formula is C19H14ClF6N5O. The lowest BCUT2D eigenvalue weighted by atomic mass is 9.92. The first-order chi connectivity index (χ1) is 14.9. The van der Waals surface area contributed by atoms with Gasteiger partial charge in [0.15, 0.2) is 0 Å². The SMILES string of the molecule is CC(CF)(NC(=O)c1cc(-c2ccc(Cl)cc2)cc(C2(C(F)(F)F)N=NN=N2)c1)C(F)F. The van der Waals surface area contributed by atoms with Crippen LogP contribution in [0.3, 0.4) is 0 Å². The Hall–Kier alpha value is -3.02. The molecular weight excluding hydrogens is 464 g/mol. The molecule has 170 valence electrons. The number of hydrogen-bond acceptors (Lipinski definition) is 5. The van der Waals surface area contributed by atoms with Gasteiger partial charge in [0.1, 0.15) is 12.2 Å². The van der Waals surface area contributed by atoms with E-state index in [4.69, 9.17) is 11.6 Å². The average molecular weight is 478 g/mol. The van der Waals surface area contributed by atoms with Crippen LogP contribution in [0.2, 0.25) is 5.02 Å². The van der Waals surface area contributed by atoms with Crippen LogP contribution in [0.1, 0.15) is 22.8 Å². The second-order valence-electron chi connectivity index (χ2n) is 7.16. The predicted octanol–water partition coefficient (Wildman–Crippen LogP) is 6.28. The summed E-state index contributed by atoms with van der Waals surface area (Å²) in [4.78, 5) is 12.7. The summed E-state index contributed by atoms with van der Waals surface area (Å²) in [5.74, 6) is -1.22. The molecule has 1 amide bonds. The molecule has 0 spiro atoms. The lowest BCUT2D eigenvalue weighted by Crippen LogP contribution is -2.53. The molecule has 2 aromatic rings. The second-order valence-corrected chi connectivity index (χ2v) is 7.60. The number of carbonyl (C=O) groups excluding carboxylic acids is 1. The van der Waals surface area contributed by atoms with Crippen LogP contribution in [-0.2, 0) is 5.66 Å². The molecule has 6 nitrogen and oxygen atoms in total. The van der Waals surface area contributed by atoms with E-state index in [0.29, 0.717) is 10.6 Å². The molecule has 1 unspecified atom stereocenters. The maximum absolute atomic E-state index is 13.9. The molecule has 1 aliphatic rings. The fourth-order valence-corrected chi connectivity index (χ4v) is 2.95. The summed E-state index contributed by atoms with van der Waals surface area (Å²) in [5, 5.41) is 14.3. The average Bonchev–Trinajstić information content (AvgIpc) is 3.25. The topological polar surface area (TPSA) is 78.5 Å². The summed E-state index contributed by atoms with van der Waals surface area (Å²) in [6, 6.07) is 8.90. The summed E-state index contributed by atoms with van der Waals surface area (Å²) >= 11 is 5.84. The number of nitrogens with zero attached hydrogens (tertiary/aromatic N) is 4. The van der Waals surface area contributed by atoms with E-state index in [0.717, 1.165) is 19.1 Å². The van der Waals surface area contributed by atoms with Gasteiger partial charge in [-0.25, -0.2) is 13.2 Å². The van der Waals surface area contributed by atoms with E-state index in [2.05, 4.69) is 20.7 Å². The van der Waals surface area contributed by atoms with Crippen LogP contribution >= 0.6 is 11.6 Å². The van der Waals surface area contributed by atoms with Crippen molar-refractivity contribution in [1.29, 1.82) is 0 Å². The lowest BCUT2D eigenvalue weighted by Gasteiger charge is -2.27. The maximum atomic E-state index is 13.9. The van der Waals surface area contributed by atoms with E-state index >= 15 is 0 Å². The molecule has 32 heavy (non-hydrogen) atoms. The van der Waals surface area contributed by atoms with Gasteiger partial charge in [-0.15, -0.1) is 10.2 Å². The molecule has 0 aromatic heterocycles. The largest absolute Gasteiger partial charge is 0.442 e. The van der Waals surface area contributed by atoms with Crippen LogP contribution in [0, 0.1) is 0 Å². The van der Waals surface area contributed by atoms with Gasteiger partial charge < -0.3 is 5.32 Å². The molecule has 0 fully saturated rings. The Labute approximate surface area is 182 Å². The molecule has 0 bridgehead atoms. The second kappa shape index (κ2) is 8.49. The molecule has 1 heterocycles. The third-order valence-electron chi connectivity index (χ3n) is 4.75. The number of carbonyl (C=O) groups is 1. The van der Waals surface area contributed by atoms with Crippen LogP contribution in [0.5, 0.6) is 0 Å². The quantitative estimate of drug-likeness (QED) is 0.488. The molecule has 3 rings (SSSR count). The molecule has 0 aliphatic carbocycles. The zero-order valence-corrected chi connectivity index (χ0v) is 16.9. The van der Waals surface area contributed by atoms with Gasteiger partial charge in [0, 0.05) is 16.1 Å². The molecule has 1 atom stereocenters. The third-order valence-corrected chi connectivity index (χ3v) is 5.00. The molecule has 2 aromatic carbocycles. The van der Waals surface area contributed by atoms with Crippen molar-refractivity contribution in [3.63, 3.8) is 0 Å². The Morgan fingerprint density at radius 3 is 2.16 bits per heavy atom. The molecule has 1 N–H and O–H groups in total. The molecule has 0 radical (unpaired) electrons. The standard InChI is InChI=1S/C19H14ClF6N5O/c1-17(9-21,16(22)23)27-15(32)12-6-11(10-2-4-14(20)5-3-10)7-13(8-12)18(19(24,25)26)28-30-31-29-18/h2-8,16H,9H2,1H3,(H,27,32). The van der Waals surface area contributed by atoms with Crippen molar-refractivity contribution in [1.82, 2.24) is 5.32 Å². The normalized spacial score (nSPS) is 16.9. The minimum atomic E-state index is -5.08. The van der Waals surface area contributed by atoms with E-state index < -0.39 is 47.5 Å². The van der Waals surface area contributed by atoms with Crippen LogP contribution in [0.25, 0.3) is 11.1 Å². The Bertz CT molecular complexity index is 1060. The van der Waals surface area contributed by atoms with Crippen molar-refractivity contribution < 1.29 is 31.1 Å². The van der Waals surface area contributed by atoms with E-state index in [9.17, 15) is 31.1 Å². The van der Waals surface area contributed by atoms with Crippen LogP contribution < -0.4 is 5.32 Å². The summed E-state index contributed by atoms with van der Waals surface area (Å²) in [6.45, 7) is -0.828. The van der Waals surface area contributed by atoms with E-state index in [-0.39, 0.29) is 5.56 Å². The van der Waals surface area contributed by atoms with Crippen molar-refractivity contribution in [2.45, 2.75) is 30.7 Å². The van der Waals surface area contributed by atoms with Crippen molar-refractivity contribution in [3.8, 4) is 11.1 Å². The highest BCUT2D eigenvalue weighted by molar-refractivity contribution is 6.30. The molecule has 1 aliphatic heterocycles. The molecule has 0 saturated heterocycles. The lowest BCUT2D eigenvalue weighted by molar-refractivity contribution is -0.187. The Morgan fingerprint density at radius 2 is 1.66 bits per heavy atom. The highest BCUT2D eigenvalue weighted by Crippen LogP contribution is 2.47. The first-order valence-corrected chi connectivity index (χ1v) is 9.28. The fourth-order valence-electron chi connectivity index (χ4n) is 2.83. The fraction of sp³-hybridized carbons (Fsp3) is 0.316. The molecule has 13 heteroatoms. The zero-order chi connectivity index (χ0) is 23.7. The van der Waals surface area contributed by atoms with Crippen LogP contribution in [0.4, 0.5) is 26.3 Å². The number of nitrogens with one attached hydrogen (secondary N) is 1. The number of benzene rings is 2. The van der Waals surface area contributed by atoms with Gasteiger partial charge in [-0.05, 0) is 58.8 Å². The maximum Gasteiger partial charge on any atom is 0.442 e. The third kappa shape index (κ3) is 4.31. The Kier molecular flexibility index (Phi) is 6.27. The minimum absolute atomic E-state index is 0.101. The van der Waals surface area contributed by atoms with E-state index in [1.807, 2.05) is 5.32 Å². The Morgan fingerprint density at radius 1 is 1.06 bits per heavy atom. The minimum Gasteiger partial charge on any atom is -0.339 e. The van der Waals surface area contributed by atoms with Gasteiger partial charge >= 0.3 is 11.8 Å². The molecule has 0 saturated carbocycles. The highest BCUT2D eigenvalue weighted by atomic mass is 35.5. The number of amides is 1. The van der Waals surface area contributed by atoms with Crippen molar-refractivity contribution >= 4 is 17.5 Å². The number of alkyl halides is 6. The zero-order valence-electron chi connectivity index (χ0n) is 16.2. The van der Waals surface area contributed by atoms with Crippen molar-refractivity contribution in [2.24, 2.45) is 20.7 Å². The summed E-state index contributed by atoms with van der Waals surface area (Å²) < 4.78 is 81.2. The summed E-state index contributed by atoms with van der Waals surface area (Å²) in [7, 11) is 0. The number of hydrogen-bond donors (Lipinski definition) is 1. The van der Waals surface area contributed by atoms with Gasteiger partial charge in [0.05, 0.1) is 0 Å². The number of halogens is 7. The smallest absolute Gasteiger partial charge is 0.339 e. The van der Waals surface area contributed by atoms with Gasteiger partial charge in [0.2, 0.25) is 0 Å². The monoisotopic (exact) mass is 477 g/mol. The predicted molar refractivity (Wildman–Crippen MR) is 102 cm³/mol. The van der Waals surface area contributed by atoms with Crippen molar-refractivity contribution in [3.05, 3.63) is 58.6 Å². The number of rotatable bonds is 6. The van der Waals surface area contributed by atoms with Gasteiger partial charge in [-0.2, -0.15) is 13.2 Å².